The van der Waals surface area contributed by atoms with Crippen molar-refractivity contribution in [3.63, 3.8) is 0 Å². The molecule has 2 aromatic heterocycles. The Morgan fingerprint density at radius 1 is 1.40 bits per heavy atom. The zero-order chi connectivity index (χ0) is 10.8. The van der Waals surface area contributed by atoms with Crippen molar-refractivity contribution < 1.29 is 4.79 Å². The quantitative estimate of drug-likeness (QED) is 0.782. The first-order valence-electron chi connectivity index (χ1n) is 4.47. The van der Waals surface area contributed by atoms with E-state index in [4.69, 9.17) is 0 Å². The first-order chi connectivity index (χ1) is 7.24. The molecule has 0 unspecified atom stereocenters. The van der Waals surface area contributed by atoms with Gasteiger partial charge in [0.25, 0.3) is 0 Å². The molecular formula is C11H9BrN2O. The first-order valence-corrected chi connectivity index (χ1v) is 5.26. The summed E-state index contributed by atoms with van der Waals surface area (Å²) >= 11 is 3.41. The van der Waals surface area contributed by atoms with E-state index in [0.717, 1.165) is 22.1 Å². The molecule has 0 aliphatic heterocycles. The van der Waals surface area contributed by atoms with E-state index in [9.17, 15) is 4.79 Å². The molecule has 2 rings (SSSR count). The lowest BCUT2D eigenvalue weighted by atomic mass is 10.3. The molecule has 2 aromatic rings. The Kier molecular flexibility index (Phi) is 2.68. The van der Waals surface area contributed by atoms with Crippen LogP contribution in [0.25, 0.3) is 5.69 Å². The smallest absolute Gasteiger partial charge is 0.166 e. The van der Waals surface area contributed by atoms with Gasteiger partial charge in [0, 0.05) is 28.2 Å². The summed E-state index contributed by atoms with van der Waals surface area (Å²) in [6.45, 7) is 1.96. The van der Waals surface area contributed by atoms with Crippen molar-refractivity contribution in [2.75, 3.05) is 0 Å². The van der Waals surface area contributed by atoms with E-state index in [1.54, 1.807) is 12.4 Å². The van der Waals surface area contributed by atoms with Gasteiger partial charge in [-0.2, -0.15) is 0 Å². The number of rotatable bonds is 2. The van der Waals surface area contributed by atoms with Gasteiger partial charge in [-0.15, -0.1) is 0 Å². The van der Waals surface area contributed by atoms with Crippen LogP contribution >= 0.6 is 15.9 Å². The summed E-state index contributed by atoms with van der Waals surface area (Å²) in [6.07, 6.45) is 4.26. The number of hydrogen-bond acceptors (Lipinski definition) is 2. The van der Waals surface area contributed by atoms with Crippen molar-refractivity contribution >= 4 is 22.2 Å². The first kappa shape index (κ1) is 10.1. The Labute approximate surface area is 95.9 Å². The molecular weight excluding hydrogens is 256 g/mol. The minimum Gasteiger partial charge on any atom is -0.310 e. The third kappa shape index (κ3) is 1.72. The Balaban J connectivity index is 2.66. The summed E-state index contributed by atoms with van der Waals surface area (Å²) in [5.41, 5.74) is 2.57. The highest BCUT2D eigenvalue weighted by Gasteiger charge is 2.10. The average Bonchev–Trinajstić information content (AvgIpc) is 2.56. The molecule has 4 heteroatoms. The van der Waals surface area contributed by atoms with Gasteiger partial charge in [0.05, 0.1) is 5.69 Å². The molecule has 0 saturated heterocycles. The zero-order valence-corrected chi connectivity index (χ0v) is 9.73. The van der Waals surface area contributed by atoms with Crippen LogP contribution in [0.1, 0.15) is 16.2 Å². The summed E-state index contributed by atoms with van der Waals surface area (Å²) < 4.78 is 2.82. The van der Waals surface area contributed by atoms with Crippen LogP contribution in [0.15, 0.2) is 35.1 Å². The number of aromatic nitrogens is 2. The van der Waals surface area contributed by atoms with Gasteiger partial charge in [-0.3, -0.25) is 9.78 Å². The number of pyridine rings is 1. The van der Waals surface area contributed by atoms with E-state index < -0.39 is 0 Å². The third-order valence-corrected chi connectivity index (χ3v) is 3.06. The van der Waals surface area contributed by atoms with Gasteiger partial charge in [0.15, 0.2) is 6.29 Å². The number of aldehydes is 1. The highest BCUT2D eigenvalue weighted by molar-refractivity contribution is 9.10. The van der Waals surface area contributed by atoms with Gasteiger partial charge in [0.1, 0.15) is 0 Å². The summed E-state index contributed by atoms with van der Waals surface area (Å²) in [5.74, 6) is 0. The molecule has 0 aromatic carbocycles. The minimum absolute atomic E-state index is 0.630. The Bertz CT molecular complexity index is 491. The molecule has 0 amide bonds. The average molecular weight is 265 g/mol. The van der Waals surface area contributed by atoms with Gasteiger partial charge < -0.3 is 4.57 Å². The van der Waals surface area contributed by atoms with Gasteiger partial charge in [-0.25, -0.2) is 0 Å². The number of halogens is 1. The van der Waals surface area contributed by atoms with Crippen molar-refractivity contribution in [2.45, 2.75) is 6.92 Å². The molecule has 0 N–H and O–H groups in total. The molecule has 0 bridgehead atoms. The maximum atomic E-state index is 10.9. The lowest BCUT2D eigenvalue weighted by Gasteiger charge is -2.07. The second-order valence-corrected chi connectivity index (χ2v) is 4.02. The molecule has 76 valence electrons. The normalized spacial score (nSPS) is 10.3. The van der Waals surface area contributed by atoms with E-state index in [2.05, 4.69) is 20.9 Å². The second-order valence-electron chi connectivity index (χ2n) is 3.16. The van der Waals surface area contributed by atoms with Crippen LogP contribution in [0.5, 0.6) is 0 Å². The molecule has 0 radical (unpaired) electrons. The van der Waals surface area contributed by atoms with E-state index >= 15 is 0 Å². The number of carbonyl (C=O) groups excluding carboxylic acids is 1. The van der Waals surface area contributed by atoms with Crippen LogP contribution in [0, 0.1) is 6.92 Å². The van der Waals surface area contributed by atoms with Gasteiger partial charge in [0.2, 0.25) is 0 Å². The number of nitrogens with zero attached hydrogens (tertiary/aromatic N) is 2. The largest absolute Gasteiger partial charge is 0.310 e. The molecule has 0 saturated carbocycles. The molecule has 0 aliphatic carbocycles. The van der Waals surface area contributed by atoms with E-state index in [-0.39, 0.29) is 0 Å². The van der Waals surface area contributed by atoms with Crippen molar-refractivity contribution in [1.82, 2.24) is 9.55 Å². The maximum Gasteiger partial charge on any atom is 0.166 e. The molecule has 15 heavy (non-hydrogen) atoms. The van der Waals surface area contributed by atoms with Crippen LogP contribution < -0.4 is 0 Å². The highest BCUT2D eigenvalue weighted by atomic mass is 79.9. The van der Waals surface area contributed by atoms with Crippen LogP contribution in [-0.2, 0) is 0 Å². The summed E-state index contributed by atoms with van der Waals surface area (Å²) in [5, 5.41) is 0. The Hall–Kier alpha value is -1.42. The van der Waals surface area contributed by atoms with Crippen LogP contribution in [0.2, 0.25) is 0 Å². The summed E-state index contributed by atoms with van der Waals surface area (Å²) in [7, 11) is 0. The molecule has 0 spiro atoms. The molecule has 2 heterocycles. The van der Waals surface area contributed by atoms with Crippen molar-refractivity contribution in [3.8, 4) is 5.69 Å². The standard InChI is InChI=1S/C11H9BrN2O/c1-8-11(12)6-10(7-15)14(8)9-2-4-13-5-3-9/h2-7H,1H3. The molecule has 3 nitrogen and oxygen atoms in total. The van der Waals surface area contributed by atoms with Crippen LogP contribution in [-0.4, -0.2) is 15.8 Å². The number of carbonyl (C=O) groups is 1. The topological polar surface area (TPSA) is 34.9 Å². The lowest BCUT2D eigenvalue weighted by Crippen LogP contribution is -2.00. The summed E-state index contributed by atoms with van der Waals surface area (Å²) in [4.78, 5) is 14.9. The van der Waals surface area contributed by atoms with Crippen LogP contribution in [0.4, 0.5) is 0 Å². The molecule has 0 fully saturated rings. The highest BCUT2D eigenvalue weighted by Crippen LogP contribution is 2.23. The van der Waals surface area contributed by atoms with Gasteiger partial charge >= 0.3 is 0 Å². The third-order valence-electron chi connectivity index (χ3n) is 2.26. The van der Waals surface area contributed by atoms with E-state index in [1.807, 2.05) is 29.7 Å². The van der Waals surface area contributed by atoms with E-state index in [1.165, 1.54) is 0 Å². The van der Waals surface area contributed by atoms with Crippen molar-refractivity contribution in [2.24, 2.45) is 0 Å². The minimum atomic E-state index is 0.630. The van der Waals surface area contributed by atoms with Gasteiger partial charge in [-0.1, -0.05) is 0 Å². The van der Waals surface area contributed by atoms with Crippen LogP contribution in [0.3, 0.4) is 0 Å². The lowest BCUT2D eigenvalue weighted by molar-refractivity contribution is 0.111. The van der Waals surface area contributed by atoms with Crippen molar-refractivity contribution in [3.05, 3.63) is 46.5 Å². The Morgan fingerprint density at radius 2 is 2.07 bits per heavy atom. The predicted octanol–water partition coefficient (Wildman–Crippen LogP) is 2.76. The second kappa shape index (κ2) is 3.98. The zero-order valence-electron chi connectivity index (χ0n) is 8.14. The Morgan fingerprint density at radius 3 is 2.67 bits per heavy atom. The van der Waals surface area contributed by atoms with Gasteiger partial charge in [-0.05, 0) is 41.1 Å². The predicted molar refractivity (Wildman–Crippen MR) is 61.4 cm³/mol. The number of hydrogen-bond donors (Lipinski definition) is 0. The fourth-order valence-electron chi connectivity index (χ4n) is 1.52. The maximum absolute atomic E-state index is 10.9. The monoisotopic (exact) mass is 264 g/mol. The SMILES string of the molecule is Cc1c(Br)cc(C=O)n1-c1ccncc1. The van der Waals surface area contributed by atoms with Crippen molar-refractivity contribution in [1.29, 1.82) is 0 Å². The van der Waals surface area contributed by atoms with E-state index in [0.29, 0.717) is 5.69 Å². The fraction of sp³-hybridized carbons (Fsp3) is 0.0909. The molecule has 0 aliphatic rings. The summed E-state index contributed by atoms with van der Waals surface area (Å²) in [6, 6.07) is 5.54. The molecule has 0 atom stereocenters. The fourth-order valence-corrected chi connectivity index (χ4v) is 1.93.